The summed E-state index contributed by atoms with van der Waals surface area (Å²) >= 11 is 8.43. The maximum Gasteiger partial charge on any atom is 0.175 e. The Morgan fingerprint density at radius 3 is 2.45 bits per heavy atom. The van der Waals surface area contributed by atoms with Crippen molar-refractivity contribution in [3.63, 3.8) is 0 Å². The Kier molecular flexibility index (Phi) is 4.73. The maximum atomic E-state index is 13.7. The summed E-state index contributed by atoms with van der Waals surface area (Å²) in [5.74, 6) is -0.357. The lowest BCUT2D eigenvalue weighted by atomic mass is 10.1. The molecular formula is C15H14BrFN2S. The molecule has 2 nitrogen and oxygen atoms in total. The summed E-state index contributed by atoms with van der Waals surface area (Å²) in [6.45, 7) is 4.00. The Hall–Kier alpha value is -1.46. The molecule has 0 heterocycles. The highest BCUT2D eigenvalue weighted by molar-refractivity contribution is 9.10. The summed E-state index contributed by atoms with van der Waals surface area (Å²) in [6.07, 6.45) is 0. The summed E-state index contributed by atoms with van der Waals surface area (Å²) in [6, 6.07) is 10.8. The van der Waals surface area contributed by atoms with Gasteiger partial charge in [-0.25, -0.2) is 4.39 Å². The van der Waals surface area contributed by atoms with Gasteiger partial charge in [-0.3, -0.25) is 0 Å². The van der Waals surface area contributed by atoms with Crippen LogP contribution in [0.1, 0.15) is 11.1 Å². The number of thiocarbonyl (C=S) groups is 1. The quantitative estimate of drug-likeness (QED) is 0.742. The first-order valence-electron chi connectivity index (χ1n) is 6.06. The SMILES string of the molecule is Cc1ccc(C)c(NC(=S)Nc2ccc(Br)cc2F)c1. The lowest BCUT2D eigenvalue weighted by molar-refractivity contribution is 0.631. The van der Waals surface area contributed by atoms with Crippen LogP contribution in [0.5, 0.6) is 0 Å². The monoisotopic (exact) mass is 352 g/mol. The molecule has 0 saturated carbocycles. The van der Waals surface area contributed by atoms with Crippen molar-refractivity contribution in [2.24, 2.45) is 0 Å². The molecule has 0 fully saturated rings. The molecule has 104 valence electrons. The molecular weight excluding hydrogens is 339 g/mol. The Morgan fingerprint density at radius 1 is 1.05 bits per heavy atom. The van der Waals surface area contributed by atoms with Gasteiger partial charge in [0.15, 0.2) is 5.11 Å². The summed E-state index contributed by atoms with van der Waals surface area (Å²) in [4.78, 5) is 0. The third-order valence-electron chi connectivity index (χ3n) is 2.82. The topological polar surface area (TPSA) is 24.1 Å². The second-order valence-electron chi connectivity index (χ2n) is 4.52. The smallest absolute Gasteiger partial charge is 0.175 e. The van der Waals surface area contributed by atoms with Crippen molar-refractivity contribution >= 4 is 44.6 Å². The molecule has 5 heteroatoms. The molecule has 0 amide bonds. The minimum Gasteiger partial charge on any atom is -0.332 e. The molecule has 2 rings (SSSR count). The van der Waals surface area contributed by atoms with Crippen LogP contribution >= 0.6 is 28.1 Å². The normalized spacial score (nSPS) is 10.2. The van der Waals surface area contributed by atoms with E-state index < -0.39 is 0 Å². The van der Waals surface area contributed by atoms with E-state index in [-0.39, 0.29) is 5.82 Å². The van der Waals surface area contributed by atoms with Crippen molar-refractivity contribution in [3.8, 4) is 0 Å². The first kappa shape index (κ1) is 14.9. The van der Waals surface area contributed by atoms with Crippen molar-refractivity contribution in [3.05, 3.63) is 57.8 Å². The van der Waals surface area contributed by atoms with Crippen molar-refractivity contribution in [1.82, 2.24) is 0 Å². The van der Waals surface area contributed by atoms with Crippen LogP contribution in [-0.4, -0.2) is 5.11 Å². The van der Waals surface area contributed by atoms with E-state index >= 15 is 0 Å². The molecule has 2 N–H and O–H groups in total. The molecule has 0 aliphatic heterocycles. The number of rotatable bonds is 2. The van der Waals surface area contributed by atoms with Gasteiger partial charge in [0.25, 0.3) is 0 Å². The van der Waals surface area contributed by atoms with Gasteiger partial charge in [0, 0.05) is 10.2 Å². The number of halogens is 2. The van der Waals surface area contributed by atoms with Crippen molar-refractivity contribution in [1.29, 1.82) is 0 Å². The molecule has 0 atom stereocenters. The number of hydrogen-bond acceptors (Lipinski definition) is 1. The van der Waals surface area contributed by atoms with Gasteiger partial charge in [-0.1, -0.05) is 28.1 Å². The van der Waals surface area contributed by atoms with E-state index in [4.69, 9.17) is 12.2 Å². The third kappa shape index (κ3) is 3.77. The van der Waals surface area contributed by atoms with Gasteiger partial charge >= 0.3 is 0 Å². The summed E-state index contributed by atoms with van der Waals surface area (Å²) in [7, 11) is 0. The summed E-state index contributed by atoms with van der Waals surface area (Å²) in [5.41, 5.74) is 3.47. The number of benzene rings is 2. The van der Waals surface area contributed by atoms with Crippen LogP contribution in [0.25, 0.3) is 0 Å². The molecule has 0 bridgehead atoms. The van der Waals surface area contributed by atoms with Gasteiger partial charge in [-0.15, -0.1) is 0 Å². The zero-order valence-electron chi connectivity index (χ0n) is 11.1. The van der Waals surface area contributed by atoms with E-state index in [1.165, 1.54) is 6.07 Å². The average Bonchev–Trinajstić information content (AvgIpc) is 2.37. The van der Waals surface area contributed by atoms with Crippen LogP contribution in [0, 0.1) is 19.7 Å². The molecule has 0 aromatic heterocycles. The lowest BCUT2D eigenvalue weighted by Crippen LogP contribution is -2.20. The summed E-state index contributed by atoms with van der Waals surface area (Å²) in [5, 5.41) is 6.30. The molecule has 0 aliphatic carbocycles. The van der Waals surface area contributed by atoms with Crippen LogP contribution in [0.15, 0.2) is 40.9 Å². The van der Waals surface area contributed by atoms with Gasteiger partial charge in [0.2, 0.25) is 0 Å². The third-order valence-corrected chi connectivity index (χ3v) is 3.52. The molecule has 2 aromatic carbocycles. The Morgan fingerprint density at radius 2 is 1.75 bits per heavy atom. The molecule has 0 spiro atoms. The van der Waals surface area contributed by atoms with Crippen LogP contribution in [-0.2, 0) is 0 Å². The Labute approximate surface area is 131 Å². The number of anilines is 2. The second-order valence-corrected chi connectivity index (χ2v) is 5.85. The predicted molar refractivity (Wildman–Crippen MR) is 89.9 cm³/mol. The molecule has 0 unspecified atom stereocenters. The predicted octanol–water partition coefficient (Wildman–Crippen LogP) is 5.01. The molecule has 0 saturated heterocycles. The zero-order valence-corrected chi connectivity index (χ0v) is 13.5. The van der Waals surface area contributed by atoms with Gasteiger partial charge in [0.1, 0.15) is 5.82 Å². The van der Waals surface area contributed by atoms with E-state index in [9.17, 15) is 4.39 Å². The van der Waals surface area contributed by atoms with E-state index in [1.54, 1.807) is 12.1 Å². The van der Waals surface area contributed by atoms with Crippen molar-refractivity contribution in [2.45, 2.75) is 13.8 Å². The lowest BCUT2D eigenvalue weighted by Gasteiger charge is -2.13. The zero-order chi connectivity index (χ0) is 14.7. The van der Waals surface area contributed by atoms with Crippen molar-refractivity contribution in [2.75, 3.05) is 10.6 Å². The number of aryl methyl sites for hydroxylation is 2. The van der Waals surface area contributed by atoms with E-state index in [2.05, 4.69) is 26.6 Å². The minimum absolute atomic E-state index is 0.344. The van der Waals surface area contributed by atoms with Gasteiger partial charge in [-0.05, 0) is 61.5 Å². The van der Waals surface area contributed by atoms with Crippen LogP contribution in [0.4, 0.5) is 15.8 Å². The number of nitrogens with one attached hydrogen (secondary N) is 2. The molecule has 0 aliphatic rings. The number of hydrogen-bond donors (Lipinski definition) is 2. The minimum atomic E-state index is -0.357. The fraction of sp³-hybridized carbons (Fsp3) is 0.133. The van der Waals surface area contributed by atoms with E-state index in [0.29, 0.717) is 15.3 Å². The van der Waals surface area contributed by atoms with Gasteiger partial charge in [-0.2, -0.15) is 0 Å². The Bertz CT molecular complexity index is 658. The fourth-order valence-corrected chi connectivity index (χ4v) is 2.29. The molecule has 0 radical (unpaired) electrons. The van der Waals surface area contributed by atoms with Gasteiger partial charge < -0.3 is 10.6 Å². The van der Waals surface area contributed by atoms with Crippen LogP contribution in [0.2, 0.25) is 0 Å². The van der Waals surface area contributed by atoms with Crippen LogP contribution < -0.4 is 10.6 Å². The first-order chi connectivity index (χ1) is 9.45. The highest BCUT2D eigenvalue weighted by Crippen LogP contribution is 2.20. The maximum absolute atomic E-state index is 13.7. The van der Waals surface area contributed by atoms with Crippen molar-refractivity contribution < 1.29 is 4.39 Å². The molecule has 20 heavy (non-hydrogen) atoms. The first-order valence-corrected chi connectivity index (χ1v) is 7.26. The standard InChI is InChI=1S/C15H14BrFN2S/c1-9-3-4-10(2)14(7-9)19-15(20)18-13-6-5-11(16)8-12(13)17/h3-8H,1-2H3,(H2,18,19,20). The summed E-state index contributed by atoms with van der Waals surface area (Å²) < 4.78 is 14.4. The largest absolute Gasteiger partial charge is 0.332 e. The van der Waals surface area contributed by atoms with E-state index in [1.807, 2.05) is 32.0 Å². The van der Waals surface area contributed by atoms with Gasteiger partial charge in [0.05, 0.1) is 5.69 Å². The highest BCUT2D eigenvalue weighted by atomic mass is 79.9. The average molecular weight is 353 g/mol. The van der Waals surface area contributed by atoms with E-state index in [0.717, 1.165) is 16.8 Å². The van der Waals surface area contributed by atoms with Crippen LogP contribution in [0.3, 0.4) is 0 Å². The fourth-order valence-electron chi connectivity index (χ4n) is 1.74. The molecule has 2 aromatic rings. The highest BCUT2D eigenvalue weighted by Gasteiger charge is 2.06. The second kappa shape index (κ2) is 6.33. The Balaban J connectivity index is 2.11.